The lowest BCUT2D eigenvalue weighted by Gasteiger charge is -2.43. The van der Waals surface area contributed by atoms with Crippen molar-refractivity contribution >= 4 is 20.2 Å². The number of hydrogen-bond acceptors (Lipinski definition) is 4. The molecule has 0 spiro atoms. The van der Waals surface area contributed by atoms with Crippen LogP contribution in [0.3, 0.4) is 0 Å². The van der Waals surface area contributed by atoms with E-state index < -0.39 is 20.0 Å². The number of rotatable bonds is 10. The molecule has 0 aromatic carbocycles. The van der Waals surface area contributed by atoms with Gasteiger partial charge in [-0.15, -0.1) is 0 Å². The number of alkyl carbamates (subject to hydrolysis) is 1. The fourth-order valence-electron chi connectivity index (χ4n) is 3.79. The third-order valence-electron chi connectivity index (χ3n) is 4.81. The summed E-state index contributed by atoms with van der Waals surface area (Å²) in [7, 11) is -2.02. The second kappa shape index (κ2) is 10.5. The lowest BCUT2D eigenvalue weighted by Crippen LogP contribution is -2.51. The average molecular weight is 388 g/mol. The zero-order chi connectivity index (χ0) is 20.7. The molecule has 154 valence electrons. The van der Waals surface area contributed by atoms with E-state index in [2.05, 4.69) is 46.9 Å². The van der Waals surface area contributed by atoms with E-state index in [-0.39, 0.29) is 11.8 Å². The monoisotopic (exact) mass is 387 g/mol. The molecule has 0 aliphatic carbocycles. The Hall–Kier alpha value is -0.883. The molecular weight excluding hydrogens is 346 g/mol. The van der Waals surface area contributed by atoms with Gasteiger partial charge in [0, 0.05) is 6.42 Å². The van der Waals surface area contributed by atoms with Gasteiger partial charge >= 0.3 is 6.09 Å². The van der Waals surface area contributed by atoms with Crippen molar-refractivity contribution in [3.63, 3.8) is 0 Å². The molecule has 0 heterocycles. The summed E-state index contributed by atoms with van der Waals surface area (Å²) < 4.78 is 12.0. The summed E-state index contributed by atoms with van der Waals surface area (Å²) in [6.45, 7) is 20.9. The third kappa shape index (κ3) is 8.21. The first-order valence-corrected chi connectivity index (χ1v) is 12.0. The molecule has 0 aliphatic rings. The van der Waals surface area contributed by atoms with Crippen LogP contribution in [-0.2, 0) is 14.0 Å². The van der Waals surface area contributed by atoms with Gasteiger partial charge in [-0.2, -0.15) is 0 Å². The Balaban J connectivity index is 5.20. The fraction of sp³-hybridized carbons (Fsp3) is 0.900. The molecule has 0 bridgehead atoms. The van der Waals surface area contributed by atoms with Gasteiger partial charge in [-0.3, -0.25) is 0 Å². The summed E-state index contributed by atoms with van der Waals surface area (Å²) in [5.74, 6) is 0.112. The SMILES string of the molecule is CC(=O)CC[C@H](CO[Si](C(C)C)(C(C)C)C(C)C)NC(=O)OC(C)(C)C. The summed E-state index contributed by atoms with van der Waals surface area (Å²) in [5.41, 5.74) is 0.856. The maximum atomic E-state index is 12.2. The van der Waals surface area contributed by atoms with Crippen LogP contribution < -0.4 is 5.32 Å². The molecular formula is C20H41NO4Si. The van der Waals surface area contributed by atoms with Gasteiger partial charge in [0.2, 0.25) is 0 Å². The van der Waals surface area contributed by atoms with Crippen molar-refractivity contribution < 1.29 is 18.8 Å². The molecule has 1 N–H and O–H groups in total. The quantitative estimate of drug-likeness (QED) is 0.507. The van der Waals surface area contributed by atoms with E-state index in [9.17, 15) is 9.59 Å². The summed E-state index contributed by atoms with van der Waals surface area (Å²) in [6, 6.07) is -0.225. The highest BCUT2D eigenvalue weighted by Crippen LogP contribution is 2.42. The van der Waals surface area contributed by atoms with E-state index in [1.54, 1.807) is 6.92 Å². The van der Waals surface area contributed by atoms with Gasteiger partial charge in [0.25, 0.3) is 0 Å². The molecule has 0 unspecified atom stereocenters. The third-order valence-corrected chi connectivity index (χ3v) is 10.9. The van der Waals surface area contributed by atoms with Crippen molar-refractivity contribution in [1.29, 1.82) is 0 Å². The first kappa shape index (κ1) is 25.1. The summed E-state index contributed by atoms with van der Waals surface area (Å²) in [6.07, 6.45) is 0.525. The van der Waals surface area contributed by atoms with E-state index in [1.165, 1.54) is 0 Å². The number of nitrogens with one attached hydrogen (secondary N) is 1. The average Bonchev–Trinajstić information content (AvgIpc) is 2.41. The maximum Gasteiger partial charge on any atom is 0.407 e. The molecule has 1 atom stereocenters. The van der Waals surface area contributed by atoms with E-state index in [0.29, 0.717) is 36.1 Å². The van der Waals surface area contributed by atoms with Crippen molar-refractivity contribution in [3.05, 3.63) is 0 Å². The van der Waals surface area contributed by atoms with E-state index in [1.807, 2.05) is 20.8 Å². The van der Waals surface area contributed by atoms with E-state index >= 15 is 0 Å². The van der Waals surface area contributed by atoms with E-state index in [0.717, 1.165) is 0 Å². The van der Waals surface area contributed by atoms with Crippen LogP contribution in [0.4, 0.5) is 4.79 Å². The lowest BCUT2D eigenvalue weighted by atomic mass is 10.1. The summed E-state index contributed by atoms with van der Waals surface area (Å²) >= 11 is 0. The number of carbonyl (C=O) groups excluding carboxylic acids is 2. The van der Waals surface area contributed by atoms with Gasteiger partial charge in [-0.1, -0.05) is 41.5 Å². The molecule has 0 aromatic heterocycles. The summed E-state index contributed by atoms with van der Waals surface area (Å²) in [4.78, 5) is 23.6. The van der Waals surface area contributed by atoms with E-state index in [4.69, 9.17) is 9.16 Å². The predicted molar refractivity (Wildman–Crippen MR) is 110 cm³/mol. The number of amides is 1. The van der Waals surface area contributed by atoms with Crippen LogP contribution in [0, 0.1) is 0 Å². The maximum absolute atomic E-state index is 12.2. The van der Waals surface area contributed by atoms with Crippen LogP contribution >= 0.6 is 0 Å². The predicted octanol–water partition coefficient (Wildman–Crippen LogP) is 5.44. The molecule has 0 rings (SSSR count). The Labute approximate surface area is 161 Å². The van der Waals surface area contributed by atoms with Crippen LogP contribution in [0.1, 0.15) is 82.1 Å². The molecule has 0 radical (unpaired) electrons. The topological polar surface area (TPSA) is 64.6 Å². The second-order valence-corrected chi connectivity index (χ2v) is 14.7. The molecule has 0 aliphatic heterocycles. The van der Waals surface area contributed by atoms with Crippen LogP contribution in [0.5, 0.6) is 0 Å². The molecule has 1 amide bonds. The van der Waals surface area contributed by atoms with Crippen molar-refractivity contribution in [2.24, 2.45) is 0 Å². The Bertz CT molecular complexity index is 433. The molecule has 26 heavy (non-hydrogen) atoms. The highest BCUT2D eigenvalue weighted by Gasteiger charge is 2.45. The van der Waals surface area contributed by atoms with Gasteiger partial charge < -0.3 is 19.3 Å². The van der Waals surface area contributed by atoms with Crippen LogP contribution in [0.15, 0.2) is 0 Å². The highest BCUT2D eigenvalue weighted by molar-refractivity contribution is 6.77. The minimum atomic E-state index is -2.02. The van der Waals surface area contributed by atoms with Crippen LogP contribution in [0.2, 0.25) is 16.6 Å². The Morgan fingerprint density at radius 3 is 1.77 bits per heavy atom. The summed E-state index contributed by atoms with van der Waals surface area (Å²) in [5, 5.41) is 2.90. The van der Waals surface area contributed by atoms with Gasteiger partial charge in [0.15, 0.2) is 8.32 Å². The number of hydrogen-bond donors (Lipinski definition) is 1. The van der Waals surface area contributed by atoms with Crippen molar-refractivity contribution in [2.75, 3.05) is 6.61 Å². The van der Waals surface area contributed by atoms with Crippen LogP contribution in [-0.4, -0.2) is 38.4 Å². The molecule has 0 saturated heterocycles. The Morgan fingerprint density at radius 2 is 1.42 bits per heavy atom. The number of ether oxygens (including phenoxy) is 1. The minimum absolute atomic E-state index is 0.112. The van der Waals surface area contributed by atoms with Gasteiger partial charge in [0.1, 0.15) is 11.4 Å². The van der Waals surface area contributed by atoms with Crippen molar-refractivity contribution in [3.8, 4) is 0 Å². The van der Waals surface area contributed by atoms with Crippen LogP contribution in [0.25, 0.3) is 0 Å². The normalized spacial score (nSPS) is 14.0. The fourth-order valence-corrected chi connectivity index (χ4v) is 9.28. The second-order valence-electron chi connectivity index (χ2n) is 9.21. The molecule has 6 heteroatoms. The minimum Gasteiger partial charge on any atom is -0.444 e. The van der Waals surface area contributed by atoms with Gasteiger partial charge in [-0.25, -0.2) is 4.79 Å². The molecule has 0 saturated carbocycles. The first-order chi connectivity index (χ1) is 11.7. The van der Waals surface area contributed by atoms with Gasteiger partial charge in [0.05, 0.1) is 12.6 Å². The smallest absolute Gasteiger partial charge is 0.407 e. The van der Waals surface area contributed by atoms with Gasteiger partial charge in [-0.05, 0) is 50.7 Å². The lowest BCUT2D eigenvalue weighted by molar-refractivity contribution is -0.117. The zero-order valence-corrected chi connectivity index (χ0v) is 19.6. The number of Topliss-reactive ketones (excluding diaryl/α,β-unsaturated/α-hetero) is 1. The Kier molecular flexibility index (Phi) is 10.1. The number of ketones is 1. The standard InChI is InChI=1S/C20H41NO4Si/c1-14(2)26(15(3)4,16(5)6)24-13-18(12-11-17(7)22)21-19(23)25-20(8,9)10/h14-16,18H,11-13H2,1-10H3,(H,21,23)/t18-/m1/s1. The zero-order valence-electron chi connectivity index (χ0n) is 18.6. The molecule has 5 nitrogen and oxygen atoms in total. The highest BCUT2D eigenvalue weighted by atomic mass is 28.4. The number of carbonyl (C=O) groups is 2. The molecule has 0 fully saturated rings. The van der Waals surface area contributed by atoms with Crippen molar-refractivity contribution in [2.45, 2.75) is 110 Å². The molecule has 0 aromatic rings. The van der Waals surface area contributed by atoms with Crippen molar-refractivity contribution in [1.82, 2.24) is 5.32 Å². The Morgan fingerprint density at radius 1 is 0.962 bits per heavy atom. The largest absolute Gasteiger partial charge is 0.444 e. The first-order valence-electron chi connectivity index (χ1n) is 9.85.